The van der Waals surface area contributed by atoms with Gasteiger partial charge in [0.1, 0.15) is 0 Å². The third kappa shape index (κ3) is 5.84. The molecule has 5 nitrogen and oxygen atoms in total. The average molecular weight is 340 g/mol. The van der Waals surface area contributed by atoms with Crippen LogP contribution in [0, 0.1) is 0 Å². The Labute approximate surface area is 144 Å². The topological polar surface area (TPSA) is 66.6 Å². The molecule has 0 aliphatic carbocycles. The first-order chi connectivity index (χ1) is 10.6. The third-order valence-electron chi connectivity index (χ3n) is 4.03. The predicted molar refractivity (Wildman–Crippen MR) is 93.4 cm³/mol. The van der Waals surface area contributed by atoms with E-state index < -0.39 is 6.04 Å². The van der Waals surface area contributed by atoms with Crippen molar-refractivity contribution in [1.82, 2.24) is 9.80 Å². The summed E-state index contributed by atoms with van der Waals surface area (Å²) in [6.07, 6.45) is 2.35. The molecule has 0 bridgehead atoms. The summed E-state index contributed by atoms with van der Waals surface area (Å²) in [7, 11) is 0. The van der Waals surface area contributed by atoms with Crippen molar-refractivity contribution in [1.29, 1.82) is 0 Å². The number of nitrogens with two attached hydrogens (primary N) is 1. The molecule has 0 radical (unpaired) electrons. The van der Waals surface area contributed by atoms with E-state index in [-0.39, 0.29) is 24.2 Å². The molecule has 2 rings (SSSR count). The Hall–Kier alpha value is -1.59. The van der Waals surface area contributed by atoms with Gasteiger partial charge in [0.15, 0.2) is 0 Å². The molecule has 1 aromatic rings. The number of nitrogens with zero attached hydrogens (tertiary/aromatic N) is 2. The molecule has 23 heavy (non-hydrogen) atoms. The minimum absolute atomic E-state index is 0. The fourth-order valence-corrected chi connectivity index (χ4v) is 2.71. The van der Waals surface area contributed by atoms with E-state index in [1.165, 1.54) is 5.56 Å². The fourth-order valence-electron chi connectivity index (χ4n) is 2.71. The van der Waals surface area contributed by atoms with E-state index in [0.717, 1.165) is 12.8 Å². The van der Waals surface area contributed by atoms with Crippen molar-refractivity contribution in [3.8, 4) is 0 Å². The van der Waals surface area contributed by atoms with Crippen molar-refractivity contribution in [2.75, 3.05) is 26.2 Å². The summed E-state index contributed by atoms with van der Waals surface area (Å²) in [5.74, 6) is 0.153. The molecule has 0 unspecified atom stereocenters. The first-order valence-corrected chi connectivity index (χ1v) is 7.94. The molecule has 1 aliphatic heterocycles. The lowest BCUT2D eigenvalue weighted by molar-refractivity contribution is -0.140. The lowest BCUT2D eigenvalue weighted by Gasteiger charge is -2.35. The molecular weight excluding hydrogens is 314 g/mol. The number of rotatable bonds is 5. The van der Waals surface area contributed by atoms with Crippen LogP contribution < -0.4 is 5.73 Å². The Morgan fingerprint density at radius 1 is 1.09 bits per heavy atom. The van der Waals surface area contributed by atoms with Gasteiger partial charge in [-0.3, -0.25) is 9.59 Å². The number of aryl methyl sites for hydroxylation is 1. The Bertz CT molecular complexity index is 500. The van der Waals surface area contributed by atoms with Gasteiger partial charge in [-0.1, -0.05) is 30.3 Å². The molecule has 1 saturated heterocycles. The highest BCUT2D eigenvalue weighted by Crippen LogP contribution is 2.09. The van der Waals surface area contributed by atoms with Crippen LogP contribution in [0.1, 0.15) is 25.3 Å². The number of amides is 2. The van der Waals surface area contributed by atoms with Crippen molar-refractivity contribution in [3.05, 3.63) is 35.9 Å². The van der Waals surface area contributed by atoms with Crippen molar-refractivity contribution in [2.24, 2.45) is 5.73 Å². The highest BCUT2D eigenvalue weighted by molar-refractivity contribution is 5.85. The molecule has 0 saturated carbocycles. The van der Waals surface area contributed by atoms with Gasteiger partial charge in [0.2, 0.25) is 11.8 Å². The summed E-state index contributed by atoms with van der Waals surface area (Å²) in [4.78, 5) is 27.6. The average Bonchev–Trinajstić information content (AvgIpc) is 2.55. The van der Waals surface area contributed by atoms with Crippen molar-refractivity contribution in [2.45, 2.75) is 32.2 Å². The van der Waals surface area contributed by atoms with Gasteiger partial charge in [0.25, 0.3) is 0 Å². The van der Waals surface area contributed by atoms with Gasteiger partial charge in [0.05, 0.1) is 6.04 Å². The molecule has 0 aromatic heterocycles. The molecule has 1 atom stereocenters. The lowest BCUT2D eigenvalue weighted by atomic mass is 10.1. The second kappa shape index (κ2) is 9.53. The quantitative estimate of drug-likeness (QED) is 0.883. The molecule has 1 heterocycles. The van der Waals surface area contributed by atoms with Crippen LogP contribution in [0.4, 0.5) is 0 Å². The second-order valence-corrected chi connectivity index (χ2v) is 5.83. The van der Waals surface area contributed by atoms with Crippen LogP contribution in [0.3, 0.4) is 0 Å². The molecule has 1 aliphatic rings. The molecule has 1 aromatic carbocycles. The Morgan fingerprint density at radius 2 is 1.65 bits per heavy atom. The van der Waals surface area contributed by atoms with Gasteiger partial charge < -0.3 is 15.5 Å². The summed E-state index contributed by atoms with van der Waals surface area (Å²) < 4.78 is 0. The molecule has 2 amide bonds. The highest BCUT2D eigenvalue weighted by atomic mass is 35.5. The monoisotopic (exact) mass is 339 g/mol. The smallest absolute Gasteiger partial charge is 0.239 e. The number of benzene rings is 1. The van der Waals surface area contributed by atoms with Crippen molar-refractivity contribution >= 4 is 24.2 Å². The zero-order valence-corrected chi connectivity index (χ0v) is 14.4. The summed E-state index contributed by atoms with van der Waals surface area (Å²) >= 11 is 0. The van der Waals surface area contributed by atoms with E-state index in [1.807, 2.05) is 23.1 Å². The van der Waals surface area contributed by atoms with Crippen LogP contribution in [0.5, 0.6) is 0 Å². The van der Waals surface area contributed by atoms with Crippen LogP contribution in [0.2, 0.25) is 0 Å². The molecule has 1 fully saturated rings. The summed E-state index contributed by atoms with van der Waals surface area (Å²) in [5, 5.41) is 0. The molecular formula is C17H26ClN3O2. The number of piperazine rings is 1. The van der Waals surface area contributed by atoms with Gasteiger partial charge in [-0.2, -0.15) is 0 Å². The van der Waals surface area contributed by atoms with E-state index in [9.17, 15) is 9.59 Å². The Kier molecular flexibility index (Phi) is 8.06. The largest absolute Gasteiger partial charge is 0.339 e. The SMILES string of the molecule is C[C@H](N)C(=O)N1CCN(C(=O)CCCc2ccccc2)CC1.Cl. The third-order valence-corrected chi connectivity index (χ3v) is 4.03. The van der Waals surface area contributed by atoms with E-state index in [2.05, 4.69) is 12.1 Å². The summed E-state index contributed by atoms with van der Waals surface area (Å²) in [6.45, 7) is 4.10. The van der Waals surface area contributed by atoms with Crippen LogP contribution in [0.15, 0.2) is 30.3 Å². The van der Waals surface area contributed by atoms with Crippen LogP contribution in [-0.2, 0) is 16.0 Å². The highest BCUT2D eigenvalue weighted by Gasteiger charge is 2.25. The maximum Gasteiger partial charge on any atom is 0.239 e. The van der Waals surface area contributed by atoms with Gasteiger partial charge in [-0.05, 0) is 25.3 Å². The van der Waals surface area contributed by atoms with E-state index in [1.54, 1.807) is 11.8 Å². The van der Waals surface area contributed by atoms with Crippen LogP contribution in [0.25, 0.3) is 0 Å². The zero-order valence-electron chi connectivity index (χ0n) is 13.6. The predicted octanol–water partition coefficient (Wildman–Crippen LogP) is 1.45. The molecule has 0 spiro atoms. The minimum Gasteiger partial charge on any atom is -0.339 e. The van der Waals surface area contributed by atoms with E-state index >= 15 is 0 Å². The van der Waals surface area contributed by atoms with Crippen LogP contribution in [-0.4, -0.2) is 53.8 Å². The summed E-state index contributed by atoms with van der Waals surface area (Å²) in [6, 6.07) is 9.74. The van der Waals surface area contributed by atoms with E-state index in [0.29, 0.717) is 32.6 Å². The molecule has 128 valence electrons. The summed E-state index contributed by atoms with van der Waals surface area (Å²) in [5.41, 5.74) is 6.88. The second-order valence-electron chi connectivity index (χ2n) is 5.83. The molecule has 6 heteroatoms. The van der Waals surface area contributed by atoms with Crippen molar-refractivity contribution < 1.29 is 9.59 Å². The fraction of sp³-hybridized carbons (Fsp3) is 0.529. The number of halogens is 1. The first-order valence-electron chi connectivity index (χ1n) is 7.94. The molecule has 2 N–H and O–H groups in total. The minimum atomic E-state index is -0.465. The van der Waals surface area contributed by atoms with Gasteiger partial charge in [-0.15, -0.1) is 12.4 Å². The van der Waals surface area contributed by atoms with Gasteiger partial charge >= 0.3 is 0 Å². The van der Waals surface area contributed by atoms with Gasteiger partial charge in [-0.25, -0.2) is 0 Å². The first kappa shape index (κ1) is 19.5. The van der Waals surface area contributed by atoms with E-state index in [4.69, 9.17) is 5.73 Å². The van der Waals surface area contributed by atoms with Gasteiger partial charge in [0, 0.05) is 32.6 Å². The van der Waals surface area contributed by atoms with Crippen LogP contribution >= 0.6 is 12.4 Å². The normalized spacial score (nSPS) is 15.7. The number of carbonyl (C=O) groups is 2. The maximum absolute atomic E-state index is 12.2. The maximum atomic E-state index is 12.2. The number of hydrogen-bond donors (Lipinski definition) is 1. The number of carbonyl (C=O) groups excluding carboxylic acids is 2. The standard InChI is InChI=1S/C17H25N3O2.ClH/c1-14(18)17(22)20-12-10-19(11-13-20)16(21)9-5-8-15-6-3-2-4-7-15;/h2-4,6-7,14H,5,8-13,18H2,1H3;1H/t14-;/m0./s1. The Balaban J connectivity index is 0.00000264. The zero-order chi connectivity index (χ0) is 15.9. The lowest BCUT2D eigenvalue weighted by Crippen LogP contribution is -2.53. The van der Waals surface area contributed by atoms with Crippen molar-refractivity contribution in [3.63, 3.8) is 0 Å². The Morgan fingerprint density at radius 3 is 2.22 bits per heavy atom. The number of hydrogen-bond acceptors (Lipinski definition) is 3.